The van der Waals surface area contributed by atoms with Gasteiger partial charge in [-0.05, 0) is 0 Å². The van der Waals surface area contributed by atoms with E-state index < -0.39 is 0 Å². The van der Waals surface area contributed by atoms with Gasteiger partial charge in [-0.25, -0.2) is 4.98 Å². The summed E-state index contributed by atoms with van der Waals surface area (Å²) in [4.78, 5) is 4.01. The van der Waals surface area contributed by atoms with Crippen molar-refractivity contribution < 1.29 is 5.11 Å². The molecule has 3 heteroatoms. The van der Waals surface area contributed by atoms with Crippen molar-refractivity contribution in [1.29, 1.82) is 0 Å². The fourth-order valence-corrected chi connectivity index (χ4v) is 0.788. The van der Waals surface area contributed by atoms with Gasteiger partial charge < -0.3 is 9.67 Å². The minimum Gasteiger partial charge on any atom is -0.376 e. The van der Waals surface area contributed by atoms with Crippen LogP contribution in [0.25, 0.3) is 0 Å². The Morgan fingerprint density at radius 1 is 1.80 bits per heavy atom. The first kappa shape index (κ1) is 7.02. The highest BCUT2D eigenvalue weighted by molar-refractivity contribution is 4.96. The van der Waals surface area contributed by atoms with Crippen LogP contribution in [0.4, 0.5) is 0 Å². The lowest BCUT2D eigenvalue weighted by Gasteiger charge is -1.98. The first-order chi connectivity index (χ1) is 4.88. The van der Waals surface area contributed by atoms with Crippen LogP contribution in [0, 0.1) is 0 Å². The maximum absolute atomic E-state index is 8.72. The van der Waals surface area contributed by atoms with E-state index in [2.05, 4.69) is 11.6 Å². The second-order valence-electron chi connectivity index (χ2n) is 1.95. The van der Waals surface area contributed by atoms with Crippen LogP contribution >= 0.6 is 0 Å². The predicted molar refractivity (Wildman–Crippen MR) is 38.3 cm³/mol. The fraction of sp³-hybridized carbons (Fsp3) is 0.286. The van der Waals surface area contributed by atoms with Crippen molar-refractivity contribution in [2.75, 3.05) is 0 Å². The quantitative estimate of drug-likeness (QED) is 0.620. The molecule has 0 atom stereocenters. The van der Waals surface area contributed by atoms with E-state index in [4.69, 9.17) is 5.11 Å². The van der Waals surface area contributed by atoms with Gasteiger partial charge in [0.15, 0.2) is 0 Å². The SMILES string of the molecule is C=CCc1nccn1CO. The number of aliphatic hydroxyl groups is 1. The summed E-state index contributed by atoms with van der Waals surface area (Å²) in [6, 6.07) is 0. The van der Waals surface area contributed by atoms with Crippen LogP contribution in [0.2, 0.25) is 0 Å². The average molecular weight is 138 g/mol. The normalized spacial score (nSPS) is 9.70. The minimum absolute atomic E-state index is 0.0107. The second kappa shape index (κ2) is 3.17. The van der Waals surface area contributed by atoms with E-state index in [0.717, 1.165) is 5.82 Å². The number of hydrogen-bond donors (Lipinski definition) is 1. The van der Waals surface area contributed by atoms with Gasteiger partial charge >= 0.3 is 0 Å². The zero-order valence-electron chi connectivity index (χ0n) is 5.70. The summed E-state index contributed by atoms with van der Waals surface area (Å²) in [6.45, 7) is 3.57. The maximum atomic E-state index is 8.72. The summed E-state index contributed by atoms with van der Waals surface area (Å²) >= 11 is 0. The van der Waals surface area contributed by atoms with Crippen molar-refractivity contribution in [2.24, 2.45) is 0 Å². The third-order valence-electron chi connectivity index (χ3n) is 1.28. The number of nitrogens with zero attached hydrogens (tertiary/aromatic N) is 2. The van der Waals surface area contributed by atoms with Gasteiger partial charge in [0, 0.05) is 18.8 Å². The monoisotopic (exact) mass is 138 g/mol. The number of aromatic nitrogens is 2. The lowest BCUT2D eigenvalue weighted by Crippen LogP contribution is -2.00. The van der Waals surface area contributed by atoms with Crippen molar-refractivity contribution >= 4 is 0 Å². The van der Waals surface area contributed by atoms with Gasteiger partial charge in [0.2, 0.25) is 0 Å². The summed E-state index contributed by atoms with van der Waals surface area (Å²) in [7, 11) is 0. The van der Waals surface area contributed by atoms with Gasteiger partial charge in [-0.2, -0.15) is 0 Å². The van der Waals surface area contributed by atoms with Crippen LogP contribution in [0.3, 0.4) is 0 Å². The highest BCUT2D eigenvalue weighted by atomic mass is 16.3. The molecule has 1 aromatic heterocycles. The molecule has 1 aromatic rings. The average Bonchev–Trinajstić information content (AvgIpc) is 2.36. The molecule has 0 spiro atoms. The third-order valence-corrected chi connectivity index (χ3v) is 1.28. The number of allylic oxidation sites excluding steroid dienone is 1. The van der Waals surface area contributed by atoms with Crippen molar-refractivity contribution in [3.63, 3.8) is 0 Å². The molecule has 0 saturated heterocycles. The molecule has 1 heterocycles. The molecule has 0 fully saturated rings. The first-order valence-corrected chi connectivity index (χ1v) is 3.10. The topological polar surface area (TPSA) is 38.0 Å². The number of hydrogen-bond acceptors (Lipinski definition) is 2. The molecule has 0 bridgehead atoms. The van der Waals surface area contributed by atoms with Gasteiger partial charge in [0.05, 0.1) is 0 Å². The zero-order valence-corrected chi connectivity index (χ0v) is 5.70. The lowest BCUT2D eigenvalue weighted by atomic mass is 10.4. The van der Waals surface area contributed by atoms with Gasteiger partial charge in [-0.15, -0.1) is 6.58 Å². The van der Waals surface area contributed by atoms with Crippen molar-refractivity contribution in [2.45, 2.75) is 13.2 Å². The van der Waals surface area contributed by atoms with Crippen LogP contribution in [0.5, 0.6) is 0 Å². The molecule has 0 aromatic carbocycles. The first-order valence-electron chi connectivity index (χ1n) is 3.10. The van der Waals surface area contributed by atoms with E-state index in [9.17, 15) is 0 Å². The largest absolute Gasteiger partial charge is 0.376 e. The summed E-state index contributed by atoms with van der Waals surface area (Å²) in [5.41, 5.74) is 0. The molecule has 0 aliphatic heterocycles. The molecular formula is C7H10N2O. The van der Waals surface area contributed by atoms with E-state index in [1.54, 1.807) is 23.0 Å². The van der Waals surface area contributed by atoms with E-state index in [1.807, 2.05) is 0 Å². The van der Waals surface area contributed by atoms with Crippen molar-refractivity contribution in [3.8, 4) is 0 Å². The molecule has 1 rings (SSSR count). The molecule has 1 N–H and O–H groups in total. The Bertz CT molecular complexity index is 217. The third kappa shape index (κ3) is 1.25. The Labute approximate surface area is 59.6 Å². The molecule has 0 amide bonds. The number of imidazole rings is 1. The molecular weight excluding hydrogens is 128 g/mol. The van der Waals surface area contributed by atoms with Crippen LogP contribution in [-0.2, 0) is 13.2 Å². The molecule has 3 nitrogen and oxygen atoms in total. The van der Waals surface area contributed by atoms with Gasteiger partial charge in [-0.1, -0.05) is 6.08 Å². The zero-order chi connectivity index (χ0) is 7.40. The Hall–Kier alpha value is -1.09. The Balaban J connectivity index is 2.79. The van der Waals surface area contributed by atoms with Crippen LogP contribution in [-0.4, -0.2) is 14.7 Å². The van der Waals surface area contributed by atoms with E-state index in [0.29, 0.717) is 6.42 Å². The van der Waals surface area contributed by atoms with Crippen molar-refractivity contribution in [1.82, 2.24) is 9.55 Å². The van der Waals surface area contributed by atoms with Crippen LogP contribution in [0.1, 0.15) is 5.82 Å². The molecule has 10 heavy (non-hydrogen) atoms. The smallest absolute Gasteiger partial charge is 0.120 e. The number of rotatable bonds is 3. The van der Waals surface area contributed by atoms with Crippen LogP contribution < -0.4 is 0 Å². The highest BCUT2D eigenvalue weighted by Crippen LogP contribution is 1.96. The standard InChI is InChI=1S/C7H10N2O/c1-2-3-7-8-4-5-9(7)6-10/h2,4-5,10H,1,3,6H2. The van der Waals surface area contributed by atoms with Crippen LogP contribution in [0.15, 0.2) is 25.0 Å². The second-order valence-corrected chi connectivity index (χ2v) is 1.95. The Morgan fingerprint density at radius 2 is 2.60 bits per heavy atom. The van der Waals surface area contributed by atoms with E-state index in [-0.39, 0.29) is 6.73 Å². The maximum Gasteiger partial charge on any atom is 0.120 e. The molecule has 54 valence electrons. The lowest BCUT2D eigenvalue weighted by molar-refractivity contribution is 0.207. The molecule has 0 aliphatic rings. The van der Waals surface area contributed by atoms with Gasteiger partial charge in [0.25, 0.3) is 0 Å². The van der Waals surface area contributed by atoms with Gasteiger partial charge in [0.1, 0.15) is 12.6 Å². The van der Waals surface area contributed by atoms with Gasteiger partial charge in [-0.3, -0.25) is 0 Å². The molecule has 0 saturated carbocycles. The fourth-order valence-electron chi connectivity index (χ4n) is 0.788. The Morgan fingerprint density at radius 3 is 3.20 bits per heavy atom. The minimum atomic E-state index is -0.0107. The predicted octanol–water partition coefficient (Wildman–Crippen LogP) is 0.561. The van der Waals surface area contributed by atoms with E-state index in [1.165, 1.54) is 0 Å². The number of aliphatic hydroxyl groups excluding tert-OH is 1. The highest BCUT2D eigenvalue weighted by Gasteiger charge is 1.96. The van der Waals surface area contributed by atoms with E-state index >= 15 is 0 Å². The summed E-state index contributed by atoms with van der Waals surface area (Å²) in [5, 5.41) is 8.72. The molecule has 0 unspecified atom stereocenters. The molecule has 0 aliphatic carbocycles. The summed E-state index contributed by atoms with van der Waals surface area (Å²) in [6.07, 6.45) is 5.86. The van der Waals surface area contributed by atoms with Crippen molar-refractivity contribution in [3.05, 3.63) is 30.9 Å². The Kier molecular flexibility index (Phi) is 2.23. The summed E-state index contributed by atoms with van der Waals surface area (Å²) in [5.74, 6) is 0.845. The summed E-state index contributed by atoms with van der Waals surface area (Å²) < 4.78 is 1.67. The molecule has 0 radical (unpaired) electrons.